The van der Waals surface area contributed by atoms with E-state index in [1.807, 2.05) is 0 Å². The van der Waals surface area contributed by atoms with Gasteiger partial charge in [-0.2, -0.15) is 11.8 Å². The molecule has 1 aromatic carbocycles. The third-order valence-corrected chi connectivity index (χ3v) is 2.97. The van der Waals surface area contributed by atoms with E-state index in [9.17, 15) is 13.6 Å². The van der Waals surface area contributed by atoms with Crippen molar-refractivity contribution in [2.75, 3.05) is 23.4 Å². The van der Waals surface area contributed by atoms with Crippen LogP contribution in [0.2, 0.25) is 0 Å². The van der Waals surface area contributed by atoms with Crippen molar-refractivity contribution in [3.05, 3.63) is 29.8 Å². The van der Waals surface area contributed by atoms with Crippen LogP contribution in [0.25, 0.3) is 0 Å². The first kappa shape index (κ1) is 13.9. The van der Waals surface area contributed by atoms with Crippen LogP contribution < -0.4 is 11.1 Å². The highest BCUT2D eigenvalue weighted by Crippen LogP contribution is 2.15. The van der Waals surface area contributed by atoms with Gasteiger partial charge in [-0.3, -0.25) is 4.79 Å². The second-order valence-electron chi connectivity index (χ2n) is 3.37. The summed E-state index contributed by atoms with van der Waals surface area (Å²) in [6.45, 7) is 0.585. The lowest BCUT2D eigenvalue weighted by Gasteiger charge is -2.06. The summed E-state index contributed by atoms with van der Waals surface area (Å²) in [5.41, 5.74) is 5.30. The molecule has 94 valence electrons. The van der Waals surface area contributed by atoms with Gasteiger partial charge < -0.3 is 11.1 Å². The van der Waals surface area contributed by atoms with E-state index in [0.717, 1.165) is 24.3 Å². The standard InChI is InChI=1S/C11H14F2N2OS/c12-8-2-3-10(9(13)6-8)15-11(16)7-17-5-1-4-14/h2-3,6H,1,4-5,7,14H2,(H,15,16). The number of carbonyl (C=O) groups is 1. The predicted molar refractivity (Wildman–Crippen MR) is 66.0 cm³/mol. The van der Waals surface area contributed by atoms with E-state index in [-0.39, 0.29) is 17.3 Å². The lowest BCUT2D eigenvalue weighted by molar-refractivity contribution is -0.113. The van der Waals surface area contributed by atoms with E-state index in [1.54, 1.807) is 0 Å². The fourth-order valence-corrected chi connectivity index (χ4v) is 1.90. The zero-order valence-electron chi connectivity index (χ0n) is 9.21. The summed E-state index contributed by atoms with van der Waals surface area (Å²) in [6, 6.07) is 3.03. The van der Waals surface area contributed by atoms with Gasteiger partial charge in [-0.1, -0.05) is 0 Å². The Bertz CT molecular complexity index is 388. The molecule has 0 saturated heterocycles. The minimum Gasteiger partial charge on any atom is -0.330 e. The van der Waals surface area contributed by atoms with Crippen LogP contribution in [-0.2, 0) is 4.79 Å². The summed E-state index contributed by atoms with van der Waals surface area (Å²) in [6.07, 6.45) is 0.836. The molecule has 0 heterocycles. The van der Waals surface area contributed by atoms with Crippen molar-refractivity contribution in [3.63, 3.8) is 0 Å². The smallest absolute Gasteiger partial charge is 0.234 e. The van der Waals surface area contributed by atoms with Crippen LogP contribution in [0, 0.1) is 11.6 Å². The van der Waals surface area contributed by atoms with Crippen molar-refractivity contribution in [3.8, 4) is 0 Å². The molecule has 0 aliphatic rings. The normalized spacial score (nSPS) is 10.3. The molecule has 0 aliphatic carbocycles. The fraction of sp³-hybridized carbons (Fsp3) is 0.364. The van der Waals surface area contributed by atoms with E-state index >= 15 is 0 Å². The number of carbonyl (C=O) groups excluding carboxylic acids is 1. The summed E-state index contributed by atoms with van der Waals surface area (Å²) in [7, 11) is 0. The molecule has 0 spiro atoms. The van der Waals surface area contributed by atoms with Crippen LogP contribution in [0.5, 0.6) is 0 Å². The van der Waals surface area contributed by atoms with Gasteiger partial charge in [0.1, 0.15) is 11.6 Å². The number of nitrogens with one attached hydrogen (secondary N) is 1. The van der Waals surface area contributed by atoms with E-state index in [1.165, 1.54) is 17.8 Å². The highest BCUT2D eigenvalue weighted by atomic mass is 32.2. The number of amides is 1. The topological polar surface area (TPSA) is 55.1 Å². The maximum atomic E-state index is 13.2. The Morgan fingerprint density at radius 1 is 1.41 bits per heavy atom. The molecule has 0 atom stereocenters. The molecular formula is C11H14F2N2OS. The Morgan fingerprint density at radius 3 is 2.82 bits per heavy atom. The van der Waals surface area contributed by atoms with Crippen LogP contribution in [-0.4, -0.2) is 24.0 Å². The molecule has 1 rings (SSSR count). The minimum atomic E-state index is -0.773. The quantitative estimate of drug-likeness (QED) is 0.769. The molecule has 1 amide bonds. The van der Waals surface area contributed by atoms with Crippen LogP contribution in [0.4, 0.5) is 14.5 Å². The Balaban J connectivity index is 2.40. The van der Waals surface area contributed by atoms with Crippen molar-refractivity contribution in [2.45, 2.75) is 6.42 Å². The van der Waals surface area contributed by atoms with Gasteiger partial charge in [0.05, 0.1) is 11.4 Å². The van der Waals surface area contributed by atoms with Crippen molar-refractivity contribution in [1.82, 2.24) is 0 Å². The number of thioether (sulfide) groups is 1. The number of halogens is 2. The third kappa shape index (κ3) is 5.14. The number of hydrogen-bond acceptors (Lipinski definition) is 3. The lowest BCUT2D eigenvalue weighted by Crippen LogP contribution is -2.15. The van der Waals surface area contributed by atoms with Gasteiger partial charge in [0.15, 0.2) is 0 Å². The molecule has 6 heteroatoms. The van der Waals surface area contributed by atoms with Crippen LogP contribution >= 0.6 is 11.8 Å². The first-order chi connectivity index (χ1) is 8.13. The molecule has 0 aromatic heterocycles. The maximum Gasteiger partial charge on any atom is 0.234 e. The van der Waals surface area contributed by atoms with E-state index in [2.05, 4.69) is 5.32 Å². The number of rotatable bonds is 6. The molecule has 3 nitrogen and oxygen atoms in total. The lowest BCUT2D eigenvalue weighted by atomic mass is 10.3. The molecule has 17 heavy (non-hydrogen) atoms. The van der Waals surface area contributed by atoms with E-state index in [0.29, 0.717) is 6.54 Å². The summed E-state index contributed by atoms with van der Waals surface area (Å²) >= 11 is 1.43. The van der Waals surface area contributed by atoms with Gasteiger partial charge in [0.2, 0.25) is 5.91 Å². The molecule has 0 fully saturated rings. The van der Waals surface area contributed by atoms with E-state index in [4.69, 9.17) is 5.73 Å². The minimum absolute atomic E-state index is 0.00387. The largest absolute Gasteiger partial charge is 0.330 e. The number of nitrogens with two attached hydrogens (primary N) is 1. The van der Waals surface area contributed by atoms with Gasteiger partial charge in [0, 0.05) is 6.07 Å². The molecule has 0 saturated carbocycles. The summed E-state index contributed by atoms with van der Waals surface area (Å²) < 4.78 is 25.8. The fourth-order valence-electron chi connectivity index (χ4n) is 1.13. The molecule has 1 aromatic rings. The number of benzene rings is 1. The first-order valence-electron chi connectivity index (χ1n) is 5.16. The summed E-state index contributed by atoms with van der Waals surface area (Å²) in [4.78, 5) is 11.4. The Morgan fingerprint density at radius 2 is 2.18 bits per heavy atom. The predicted octanol–water partition coefficient (Wildman–Crippen LogP) is 1.99. The van der Waals surface area contributed by atoms with Crippen molar-refractivity contribution in [2.24, 2.45) is 5.73 Å². The maximum absolute atomic E-state index is 13.2. The third-order valence-electron chi connectivity index (χ3n) is 1.93. The molecule has 0 bridgehead atoms. The van der Waals surface area contributed by atoms with Gasteiger partial charge >= 0.3 is 0 Å². The monoisotopic (exact) mass is 260 g/mol. The zero-order valence-corrected chi connectivity index (χ0v) is 10.0. The Hall–Kier alpha value is -1.14. The highest BCUT2D eigenvalue weighted by molar-refractivity contribution is 7.99. The van der Waals surface area contributed by atoms with Gasteiger partial charge in [-0.25, -0.2) is 8.78 Å². The number of hydrogen-bond donors (Lipinski definition) is 2. The van der Waals surface area contributed by atoms with Crippen LogP contribution in [0.3, 0.4) is 0 Å². The summed E-state index contributed by atoms with van der Waals surface area (Å²) in [5.74, 6) is -0.729. The summed E-state index contributed by atoms with van der Waals surface area (Å²) in [5, 5.41) is 2.38. The number of anilines is 1. The second kappa shape index (κ2) is 7.24. The van der Waals surface area contributed by atoms with Gasteiger partial charge in [-0.15, -0.1) is 0 Å². The van der Waals surface area contributed by atoms with Crippen molar-refractivity contribution in [1.29, 1.82) is 0 Å². The highest BCUT2D eigenvalue weighted by Gasteiger charge is 2.07. The van der Waals surface area contributed by atoms with Crippen molar-refractivity contribution < 1.29 is 13.6 Å². The molecular weight excluding hydrogens is 246 g/mol. The molecule has 0 radical (unpaired) electrons. The SMILES string of the molecule is NCCCSCC(=O)Nc1ccc(F)cc1F. The zero-order chi connectivity index (χ0) is 12.7. The average Bonchev–Trinajstić information content (AvgIpc) is 2.28. The van der Waals surface area contributed by atoms with E-state index < -0.39 is 11.6 Å². The van der Waals surface area contributed by atoms with Crippen molar-refractivity contribution >= 4 is 23.4 Å². The van der Waals surface area contributed by atoms with Crippen LogP contribution in [0.15, 0.2) is 18.2 Å². The molecule has 0 unspecified atom stereocenters. The average molecular weight is 260 g/mol. The Labute approximate surface area is 103 Å². The van der Waals surface area contributed by atoms with Gasteiger partial charge in [0.25, 0.3) is 0 Å². The molecule has 3 N–H and O–H groups in total. The van der Waals surface area contributed by atoms with Crippen LogP contribution in [0.1, 0.15) is 6.42 Å². The Kier molecular flexibility index (Phi) is 5.93. The second-order valence-corrected chi connectivity index (χ2v) is 4.47. The molecule has 0 aliphatic heterocycles. The van der Waals surface area contributed by atoms with Gasteiger partial charge in [-0.05, 0) is 30.9 Å². The first-order valence-corrected chi connectivity index (χ1v) is 6.31.